The molecule has 1 aliphatic carbocycles. The summed E-state index contributed by atoms with van der Waals surface area (Å²) in [6, 6.07) is 8.64. The van der Waals surface area contributed by atoms with Gasteiger partial charge in [0.2, 0.25) is 0 Å². The Morgan fingerprint density at radius 3 is 2.61 bits per heavy atom. The van der Waals surface area contributed by atoms with Gasteiger partial charge in [-0.1, -0.05) is 31.4 Å². The smallest absolute Gasteiger partial charge is 0.163 e. The largest absolute Gasteiger partial charge is 0.352 e. The molecule has 0 amide bonds. The lowest BCUT2D eigenvalue weighted by Crippen LogP contribution is -2.14. The van der Waals surface area contributed by atoms with Crippen LogP contribution in [0.5, 0.6) is 0 Å². The van der Waals surface area contributed by atoms with Crippen molar-refractivity contribution in [3.05, 3.63) is 48.5 Å². The molecule has 0 radical (unpaired) electrons. The van der Waals surface area contributed by atoms with Crippen LogP contribution in [-0.2, 0) is 6.54 Å². The van der Waals surface area contributed by atoms with E-state index in [9.17, 15) is 4.39 Å². The van der Waals surface area contributed by atoms with Gasteiger partial charge >= 0.3 is 0 Å². The molecule has 0 atom stereocenters. The molecule has 2 heterocycles. The fourth-order valence-electron chi connectivity index (χ4n) is 3.50. The number of imidazole rings is 1. The van der Waals surface area contributed by atoms with Crippen LogP contribution in [0.25, 0.3) is 22.8 Å². The molecule has 4 rings (SSSR count). The first-order chi connectivity index (χ1) is 11.3. The van der Waals surface area contributed by atoms with E-state index in [1.807, 2.05) is 18.3 Å². The topological polar surface area (TPSA) is 30.7 Å². The summed E-state index contributed by atoms with van der Waals surface area (Å²) in [6.45, 7) is 1.04. The van der Waals surface area contributed by atoms with Gasteiger partial charge in [0.05, 0.1) is 11.3 Å². The summed E-state index contributed by atoms with van der Waals surface area (Å²) in [5.41, 5.74) is 2.12. The predicted molar refractivity (Wildman–Crippen MR) is 88.6 cm³/mol. The molecule has 1 aromatic carbocycles. The van der Waals surface area contributed by atoms with Gasteiger partial charge in [-0.05, 0) is 37.0 Å². The number of benzene rings is 1. The number of fused-ring (bicyclic) bond motifs is 1. The van der Waals surface area contributed by atoms with Crippen molar-refractivity contribution in [3.8, 4) is 22.8 Å². The molecule has 0 unspecified atom stereocenters. The summed E-state index contributed by atoms with van der Waals surface area (Å²) in [7, 11) is 0. The predicted octanol–water partition coefficient (Wildman–Crippen LogP) is 4.77. The summed E-state index contributed by atoms with van der Waals surface area (Å²) in [5, 5.41) is 0. The number of rotatable bonds is 3. The molecule has 0 N–H and O–H groups in total. The van der Waals surface area contributed by atoms with E-state index in [1.54, 1.807) is 12.1 Å². The second kappa shape index (κ2) is 6.11. The van der Waals surface area contributed by atoms with E-state index < -0.39 is 0 Å². The summed E-state index contributed by atoms with van der Waals surface area (Å²) in [5.74, 6) is 0.951. The third-order valence-electron chi connectivity index (χ3n) is 4.74. The van der Waals surface area contributed by atoms with Crippen molar-refractivity contribution in [1.82, 2.24) is 14.5 Å². The molecule has 1 aromatic rings. The van der Waals surface area contributed by atoms with Gasteiger partial charge in [-0.15, -0.1) is 0 Å². The first-order valence-corrected chi connectivity index (χ1v) is 8.38. The van der Waals surface area contributed by atoms with Gasteiger partial charge < -0.3 is 4.57 Å². The second-order valence-corrected chi connectivity index (χ2v) is 6.44. The van der Waals surface area contributed by atoms with Crippen molar-refractivity contribution >= 4 is 0 Å². The molecule has 2 aliphatic heterocycles. The van der Waals surface area contributed by atoms with E-state index in [0.29, 0.717) is 11.4 Å². The van der Waals surface area contributed by atoms with Crippen LogP contribution in [-0.4, -0.2) is 14.5 Å². The van der Waals surface area contributed by atoms with Crippen molar-refractivity contribution in [2.24, 2.45) is 5.92 Å². The molecule has 23 heavy (non-hydrogen) atoms. The first kappa shape index (κ1) is 14.4. The Bertz CT molecular complexity index is 774. The Morgan fingerprint density at radius 2 is 1.78 bits per heavy atom. The molecule has 118 valence electrons. The monoisotopic (exact) mass is 309 g/mol. The van der Waals surface area contributed by atoms with Crippen molar-refractivity contribution in [2.75, 3.05) is 0 Å². The summed E-state index contributed by atoms with van der Waals surface area (Å²) < 4.78 is 16.1. The molecule has 4 heteroatoms. The van der Waals surface area contributed by atoms with Crippen LogP contribution in [0, 0.1) is 11.7 Å². The number of hydrogen-bond donors (Lipinski definition) is 0. The Morgan fingerprint density at radius 1 is 1.00 bits per heavy atom. The van der Waals surface area contributed by atoms with Crippen LogP contribution in [0.1, 0.15) is 32.1 Å². The molecule has 0 spiro atoms. The van der Waals surface area contributed by atoms with Crippen molar-refractivity contribution in [3.63, 3.8) is 0 Å². The lowest BCUT2D eigenvalue weighted by atomic mass is 9.89. The van der Waals surface area contributed by atoms with Crippen LogP contribution in [0.4, 0.5) is 4.39 Å². The zero-order chi connectivity index (χ0) is 15.6. The maximum absolute atomic E-state index is 13.9. The number of pyridine rings is 1. The molecule has 0 aromatic heterocycles. The molecule has 3 aliphatic rings. The number of nitrogens with zero attached hydrogens (tertiary/aromatic N) is 3. The number of hydrogen-bond acceptors (Lipinski definition) is 2. The SMILES string of the molecule is Fc1ccccc1-c1nc2ccn(CC3CCCCC3)cc-2n1. The van der Waals surface area contributed by atoms with Crippen molar-refractivity contribution in [1.29, 1.82) is 0 Å². The van der Waals surface area contributed by atoms with Crippen LogP contribution in [0.15, 0.2) is 42.7 Å². The van der Waals surface area contributed by atoms with Crippen LogP contribution < -0.4 is 0 Å². The third-order valence-corrected chi connectivity index (χ3v) is 4.74. The molecule has 0 saturated heterocycles. The van der Waals surface area contributed by atoms with E-state index in [1.165, 1.54) is 38.2 Å². The van der Waals surface area contributed by atoms with Gasteiger partial charge in [-0.3, -0.25) is 0 Å². The minimum atomic E-state index is -0.280. The molecule has 1 fully saturated rings. The summed E-state index contributed by atoms with van der Waals surface area (Å²) in [4.78, 5) is 8.99. The van der Waals surface area contributed by atoms with Crippen LogP contribution in [0.2, 0.25) is 0 Å². The average molecular weight is 309 g/mol. The maximum atomic E-state index is 13.9. The van der Waals surface area contributed by atoms with Gasteiger partial charge in [-0.25, -0.2) is 14.4 Å². The molecule has 0 bridgehead atoms. The van der Waals surface area contributed by atoms with Crippen LogP contribution in [0.3, 0.4) is 0 Å². The van der Waals surface area contributed by atoms with E-state index in [2.05, 4.69) is 20.7 Å². The molecular formula is C19H20FN3. The van der Waals surface area contributed by atoms with Gasteiger partial charge in [0.1, 0.15) is 11.5 Å². The van der Waals surface area contributed by atoms with Gasteiger partial charge in [-0.2, -0.15) is 0 Å². The lowest BCUT2D eigenvalue weighted by molar-refractivity contribution is 0.319. The van der Waals surface area contributed by atoms with Crippen LogP contribution >= 0.6 is 0 Å². The van der Waals surface area contributed by atoms with Crippen molar-refractivity contribution in [2.45, 2.75) is 38.6 Å². The summed E-state index contributed by atoms with van der Waals surface area (Å²) >= 11 is 0. The standard InChI is InChI=1S/C19H20FN3/c20-16-9-5-4-8-15(16)19-21-17-10-11-23(13-18(17)22-19)12-14-6-2-1-3-7-14/h4-5,8-11,13-14H,1-3,6-7,12H2. The van der Waals surface area contributed by atoms with E-state index >= 15 is 0 Å². The minimum absolute atomic E-state index is 0.280. The zero-order valence-corrected chi connectivity index (χ0v) is 13.1. The average Bonchev–Trinajstić information content (AvgIpc) is 2.99. The van der Waals surface area contributed by atoms with Crippen molar-refractivity contribution < 1.29 is 4.39 Å². The van der Waals surface area contributed by atoms with Gasteiger partial charge in [0.25, 0.3) is 0 Å². The second-order valence-electron chi connectivity index (χ2n) is 6.44. The number of aromatic nitrogens is 3. The fourth-order valence-corrected chi connectivity index (χ4v) is 3.50. The molecule has 1 saturated carbocycles. The highest BCUT2D eigenvalue weighted by Gasteiger charge is 2.17. The minimum Gasteiger partial charge on any atom is -0.352 e. The van der Waals surface area contributed by atoms with E-state index in [0.717, 1.165) is 23.9 Å². The Labute approximate surface area is 135 Å². The molecule has 3 nitrogen and oxygen atoms in total. The highest BCUT2D eigenvalue weighted by Crippen LogP contribution is 2.28. The quantitative estimate of drug-likeness (QED) is 0.698. The van der Waals surface area contributed by atoms with Gasteiger partial charge in [0, 0.05) is 18.9 Å². The van der Waals surface area contributed by atoms with Gasteiger partial charge in [0.15, 0.2) is 5.82 Å². The summed E-state index contributed by atoms with van der Waals surface area (Å²) in [6.07, 6.45) is 10.8. The fraction of sp³-hybridized carbons (Fsp3) is 0.368. The van der Waals surface area contributed by atoms with E-state index in [4.69, 9.17) is 0 Å². The van der Waals surface area contributed by atoms with E-state index in [-0.39, 0.29) is 5.82 Å². The maximum Gasteiger partial charge on any atom is 0.163 e. The third kappa shape index (κ3) is 2.98. The normalized spacial score (nSPS) is 16.0. The first-order valence-electron chi connectivity index (χ1n) is 8.38. The highest BCUT2D eigenvalue weighted by atomic mass is 19.1. The zero-order valence-electron chi connectivity index (χ0n) is 13.1. The molecular weight excluding hydrogens is 289 g/mol. The Kier molecular flexibility index (Phi) is 3.82. The number of halogens is 1. The Balaban J connectivity index is 1.62. The Hall–Kier alpha value is -2.23. The highest BCUT2D eigenvalue weighted by molar-refractivity contribution is 5.65. The lowest BCUT2D eigenvalue weighted by Gasteiger charge is -2.22.